The van der Waals surface area contributed by atoms with Gasteiger partial charge in [-0.05, 0) is 0 Å². The molecule has 3 rings (SSSR count). The molecule has 0 aliphatic heterocycles. The van der Waals surface area contributed by atoms with Crippen LogP contribution < -0.4 is 14.7 Å². The summed E-state index contributed by atoms with van der Waals surface area (Å²) < 4.78 is 0. The van der Waals surface area contributed by atoms with Crippen molar-refractivity contribution in [2.45, 2.75) is 26.2 Å². The number of hydrogen-bond acceptors (Lipinski definition) is 12. The Morgan fingerprint density at radius 3 is 0.762 bits per heavy atom. The van der Waals surface area contributed by atoms with Crippen LogP contribution >= 0.6 is 8.60 Å². The van der Waals surface area contributed by atoms with Crippen LogP contribution in [0.3, 0.4) is 0 Å². The molecule has 0 aromatic rings. The van der Waals surface area contributed by atoms with Crippen LogP contribution in [0.4, 0.5) is 0 Å². The summed E-state index contributed by atoms with van der Waals surface area (Å²) in [5, 5.41) is 25.4. The van der Waals surface area contributed by atoms with E-state index in [1.807, 2.05) is 77.2 Å². The minimum atomic E-state index is -3.37. The van der Waals surface area contributed by atoms with E-state index in [9.17, 15) is 0 Å². The zero-order valence-corrected chi connectivity index (χ0v) is 27.7. The number of allylic oxidation sites excluding steroid dienone is 12. The van der Waals surface area contributed by atoms with Gasteiger partial charge in [0, 0.05) is 5.41 Å². The molecule has 0 amide bonds. The molecule has 241 valence electrons. The van der Waals surface area contributed by atoms with Crippen molar-refractivity contribution in [2.75, 3.05) is 19.8 Å². The number of carbonyl (C=O) groups excluding carboxylic acids is 6. The summed E-state index contributed by atoms with van der Waals surface area (Å²) in [4.78, 5) is 73.4. The van der Waals surface area contributed by atoms with E-state index in [1.165, 1.54) is 0 Å². The van der Waals surface area contributed by atoms with Gasteiger partial charge in [-0.25, -0.2) is 36.5 Å². The van der Waals surface area contributed by atoms with E-state index < -0.39 is 14.0 Å². The molecule has 0 heterocycles. The predicted molar refractivity (Wildman–Crippen MR) is 144 cm³/mol. The van der Waals surface area contributed by atoms with Crippen LogP contribution in [-0.4, -0.2) is 75.9 Å². The fraction of sp³-hybridized carbons (Fsp3) is 0.308. The fourth-order valence-corrected chi connectivity index (χ4v) is 1.17. The van der Waals surface area contributed by atoms with E-state index in [1.54, 1.807) is 6.92 Å². The van der Waals surface area contributed by atoms with E-state index in [0.717, 1.165) is 19.3 Å². The van der Waals surface area contributed by atoms with Crippen molar-refractivity contribution in [3.63, 3.8) is 0 Å². The molecule has 0 unspecified atom stereocenters. The second kappa shape index (κ2) is 90.1. The van der Waals surface area contributed by atoms with Gasteiger partial charge >= 0.3 is 51.2 Å². The molecule has 0 saturated carbocycles. The van der Waals surface area contributed by atoms with Gasteiger partial charge in [0.2, 0.25) is 0 Å². The molecule has 0 spiro atoms. The number of aliphatic hydroxyl groups excluding tert-OH is 3. The summed E-state index contributed by atoms with van der Waals surface area (Å²) in [6.45, 7) is 13.1. The molecule has 16 heteroatoms. The van der Waals surface area contributed by atoms with Crippen molar-refractivity contribution in [3.05, 3.63) is 72.9 Å². The monoisotopic (exact) mass is 739 g/mol. The SMILES string of the molecule is C=O.C=O.C=O.C=O.C=O.C=O.CC(CO)(CO)CO.[C-]1=CC=CC1.[C-]1=CC=CC1.[C-]1=CC=CC1.[Mn+2].[Mn+2].[Mn+2].[O-]P([O-])[O-]. The third-order valence-corrected chi connectivity index (χ3v) is 2.90. The maximum atomic E-state index is 8.48. The number of rotatable bonds is 3. The summed E-state index contributed by atoms with van der Waals surface area (Å²) in [6, 6.07) is 0. The van der Waals surface area contributed by atoms with Gasteiger partial charge in [-0.15, -0.1) is 19.3 Å². The molecular weight excluding hydrogens is 700 g/mol. The van der Waals surface area contributed by atoms with Gasteiger partial charge in [-0.1, -0.05) is 6.92 Å². The van der Waals surface area contributed by atoms with E-state index >= 15 is 0 Å². The van der Waals surface area contributed by atoms with Crippen LogP contribution in [-0.2, 0) is 80.0 Å². The first-order chi connectivity index (χ1) is 18.9. The summed E-state index contributed by atoms with van der Waals surface area (Å²) in [7, 11) is -3.37. The molecular formula is C26H39Mn3O12P. The number of aliphatic hydroxyl groups is 3. The molecule has 0 fully saturated rings. The number of hydrogen-bond donors (Lipinski definition) is 3. The predicted octanol–water partition coefficient (Wildman–Crippen LogP) is -0.936. The molecule has 3 aliphatic rings. The summed E-state index contributed by atoms with van der Waals surface area (Å²) in [5.74, 6) is 0. The molecule has 3 aliphatic carbocycles. The van der Waals surface area contributed by atoms with Crippen LogP contribution in [0.15, 0.2) is 54.7 Å². The Balaban J connectivity index is -0.0000000289. The Hall–Kier alpha value is -1.79. The zero-order valence-electron chi connectivity index (χ0n) is 23.3. The summed E-state index contributed by atoms with van der Waals surface area (Å²) >= 11 is 0. The Kier molecular flexibility index (Phi) is 155. The first-order valence-corrected chi connectivity index (χ1v) is 11.0. The van der Waals surface area contributed by atoms with Crippen LogP contribution in [0, 0.1) is 23.6 Å². The Morgan fingerprint density at radius 1 is 0.571 bits per heavy atom. The smallest absolute Gasteiger partial charge is 0.854 e. The Bertz CT molecular complexity index is 494. The maximum Gasteiger partial charge on any atom is 2.00 e. The molecule has 0 aromatic carbocycles. The maximum absolute atomic E-state index is 8.48. The third-order valence-electron chi connectivity index (χ3n) is 2.90. The summed E-state index contributed by atoms with van der Waals surface area (Å²) in [6.07, 6.45) is 30.0. The van der Waals surface area contributed by atoms with E-state index in [2.05, 4.69) is 36.5 Å². The second-order valence-electron chi connectivity index (χ2n) is 5.52. The molecule has 0 saturated heterocycles. The Morgan fingerprint density at radius 2 is 0.738 bits per heavy atom. The van der Waals surface area contributed by atoms with Gasteiger partial charge in [0.25, 0.3) is 0 Å². The van der Waals surface area contributed by atoms with Gasteiger partial charge < -0.3 is 67.4 Å². The number of carbonyl (C=O) groups is 6. The molecule has 12 nitrogen and oxygen atoms in total. The van der Waals surface area contributed by atoms with Gasteiger partial charge in [0.05, 0.1) is 19.8 Å². The average molecular weight is 739 g/mol. The first-order valence-electron chi connectivity index (χ1n) is 9.94. The van der Waals surface area contributed by atoms with Crippen molar-refractivity contribution in [3.8, 4) is 0 Å². The minimum absolute atomic E-state index is 0. The van der Waals surface area contributed by atoms with Gasteiger partial charge in [0.15, 0.2) is 0 Å². The van der Waals surface area contributed by atoms with Crippen LogP contribution in [0.2, 0.25) is 0 Å². The molecule has 0 atom stereocenters. The van der Waals surface area contributed by atoms with E-state index in [-0.39, 0.29) is 71.0 Å². The van der Waals surface area contributed by atoms with Crippen molar-refractivity contribution in [1.82, 2.24) is 0 Å². The first kappa shape index (κ1) is 72.5. The van der Waals surface area contributed by atoms with Crippen LogP contribution in [0.1, 0.15) is 26.2 Å². The molecule has 3 N–H and O–H groups in total. The summed E-state index contributed by atoms with van der Waals surface area (Å²) in [5.41, 5.74) is -0.708. The quantitative estimate of drug-likeness (QED) is 0.181. The molecule has 3 radical (unpaired) electrons. The topological polar surface area (TPSA) is 232 Å². The van der Waals surface area contributed by atoms with Gasteiger partial charge in [0.1, 0.15) is 40.7 Å². The normalized spacial score (nSPS) is 10.0. The van der Waals surface area contributed by atoms with E-state index in [0.29, 0.717) is 0 Å². The van der Waals surface area contributed by atoms with Gasteiger partial charge in [-0.2, -0.15) is 18.2 Å². The third kappa shape index (κ3) is 107. The van der Waals surface area contributed by atoms with Crippen molar-refractivity contribution < 1.29 is 110 Å². The fourth-order valence-electron chi connectivity index (χ4n) is 1.17. The standard InChI is InChI=1S/C5H12O3.3C5H5.6CH2O.3Mn.O3P/c1-5(2-6,3-7)4-8;3*1-2-4-5-3-1;6*1-2;;;;1-4(2)3/h6-8H,2-4H2,1H3;3*1-3H,4H2;6*1H2;;;;/q;3*-1;;;;;;;3*+2;-3. The van der Waals surface area contributed by atoms with Crippen LogP contribution in [0.25, 0.3) is 0 Å². The molecule has 42 heavy (non-hydrogen) atoms. The van der Waals surface area contributed by atoms with Crippen molar-refractivity contribution >= 4 is 49.3 Å². The largest absolute Gasteiger partial charge is 2.00 e. The molecule has 0 bridgehead atoms. The Labute approximate surface area is 282 Å². The van der Waals surface area contributed by atoms with Gasteiger partial charge in [-0.3, -0.25) is 18.2 Å². The second-order valence-corrected chi connectivity index (χ2v) is 5.97. The minimum Gasteiger partial charge on any atom is -0.854 e. The average Bonchev–Trinajstić information content (AvgIpc) is 3.86. The van der Waals surface area contributed by atoms with Crippen LogP contribution in [0.5, 0.6) is 0 Å². The molecule has 0 aromatic heterocycles. The van der Waals surface area contributed by atoms with Crippen molar-refractivity contribution in [1.29, 1.82) is 0 Å². The van der Waals surface area contributed by atoms with Crippen molar-refractivity contribution in [2.24, 2.45) is 5.41 Å². The zero-order chi connectivity index (χ0) is 32.8. The van der Waals surface area contributed by atoms with E-state index in [4.69, 9.17) is 58.8 Å².